The van der Waals surface area contributed by atoms with Crippen molar-refractivity contribution in [2.75, 3.05) is 24.5 Å². The molecule has 0 saturated carbocycles. The van der Waals surface area contributed by atoms with Crippen LogP contribution in [0.2, 0.25) is 0 Å². The number of amides is 2. The van der Waals surface area contributed by atoms with E-state index in [4.69, 9.17) is 0 Å². The Hall–Kier alpha value is -2.40. The molecular formula is C21H26N4O. The van der Waals surface area contributed by atoms with Crippen molar-refractivity contribution in [2.45, 2.75) is 38.3 Å². The molecule has 1 aromatic heterocycles. The molecule has 0 aliphatic carbocycles. The average Bonchev–Trinajstić information content (AvgIpc) is 3.01. The van der Waals surface area contributed by atoms with Gasteiger partial charge < -0.3 is 5.32 Å². The van der Waals surface area contributed by atoms with E-state index in [0.29, 0.717) is 5.92 Å². The number of hydrogen-bond acceptors (Lipinski definition) is 3. The van der Waals surface area contributed by atoms with Crippen molar-refractivity contribution >= 4 is 11.7 Å². The number of para-hydroxylation sites is 1. The Morgan fingerprint density at radius 1 is 1.15 bits per heavy atom. The molecule has 1 N–H and O–H groups in total. The number of fused-ring (bicyclic) bond motifs is 1. The van der Waals surface area contributed by atoms with E-state index in [1.165, 1.54) is 11.1 Å². The van der Waals surface area contributed by atoms with E-state index in [2.05, 4.69) is 52.5 Å². The predicted octanol–water partition coefficient (Wildman–Crippen LogP) is 3.38. The molecule has 0 bridgehead atoms. The number of carbonyl (C=O) groups excluding carboxylic acids is 1. The summed E-state index contributed by atoms with van der Waals surface area (Å²) in [6, 6.07) is 12.7. The molecule has 0 radical (unpaired) electrons. The fourth-order valence-electron chi connectivity index (χ4n) is 4.05. The Labute approximate surface area is 155 Å². The van der Waals surface area contributed by atoms with Gasteiger partial charge in [0.1, 0.15) is 0 Å². The van der Waals surface area contributed by atoms with Crippen LogP contribution in [0.5, 0.6) is 0 Å². The molecule has 26 heavy (non-hydrogen) atoms. The summed E-state index contributed by atoms with van der Waals surface area (Å²) in [7, 11) is 0. The summed E-state index contributed by atoms with van der Waals surface area (Å²) in [5.41, 5.74) is 3.63. The van der Waals surface area contributed by atoms with E-state index >= 15 is 0 Å². The normalized spacial score (nSPS) is 20.8. The highest BCUT2D eigenvalue weighted by Gasteiger charge is 2.31. The SMILES string of the molecule is C[C@@H]1CN(C(=O)NC2CCN(Cc3ccncc3)CC2)c2ccccc21. The van der Waals surface area contributed by atoms with Gasteiger partial charge in [-0.15, -0.1) is 0 Å². The van der Waals surface area contributed by atoms with Crippen LogP contribution in [0.25, 0.3) is 0 Å². The average molecular weight is 350 g/mol. The quantitative estimate of drug-likeness (QED) is 0.923. The maximum Gasteiger partial charge on any atom is 0.322 e. The number of likely N-dealkylation sites (tertiary alicyclic amines) is 1. The predicted molar refractivity (Wildman–Crippen MR) is 103 cm³/mol. The maximum absolute atomic E-state index is 12.8. The number of rotatable bonds is 3. The van der Waals surface area contributed by atoms with E-state index in [0.717, 1.165) is 44.7 Å². The van der Waals surface area contributed by atoms with Gasteiger partial charge in [0.25, 0.3) is 0 Å². The zero-order valence-electron chi connectivity index (χ0n) is 15.3. The molecule has 0 spiro atoms. The van der Waals surface area contributed by atoms with Gasteiger partial charge in [-0.2, -0.15) is 0 Å². The molecule has 1 atom stereocenters. The summed E-state index contributed by atoms with van der Waals surface area (Å²) in [5.74, 6) is 0.402. The Morgan fingerprint density at radius 2 is 1.88 bits per heavy atom. The van der Waals surface area contributed by atoms with Crippen molar-refractivity contribution in [2.24, 2.45) is 0 Å². The lowest BCUT2D eigenvalue weighted by atomic mass is 10.0. The van der Waals surface area contributed by atoms with Crippen molar-refractivity contribution in [3.8, 4) is 0 Å². The molecule has 1 saturated heterocycles. The van der Waals surface area contributed by atoms with Crippen LogP contribution < -0.4 is 10.2 Å². The third-order valence-electron chi connectivity index (χ3n) is 5.53. The lowest BCUT2D eigenvalue weighted by molar-refractivity contribution is 0.188. The summed E-state index contributed by atoms with van der Waals surface area (Å²) >= 11 is 0. The fraction of sp³-hybridized carbons (Fsp3) is 0.429. The topological polar surface area (TPSA) is 48.5 Å². The van der Waals surface area contributed by atoms with Gasteiger partial charge in [0.2, 0.25) is 0 Å². The van der Waals surface area contributed by atoms with Crippen molar-refractivity contribution < 1.29 is 4.79 Å². The lowest BCUT2D eigenvalue weighted by Crippen LogP contribution is -2.49. The van der Waals surface area contributed by atoms with Gasteiger partial charge in [-0.3, -0.25) is 14.8 Å². The maximum atomic E-state index is 12.8. The highest BCUT2D eigenvalue weighted by Crippen LogP contribution is 2.35. The smallest absolute Gasteiger partial charge is 0.322 e. The van der Waals surface area contributed by atoms with Crippen LogP contribution in [-0.2, 0) is 6.54 Å². The van der Waals surface area contributed by atoms with Gasteiger partial charge in [0.15, 0.2) is 0 Å². The van der Waals surface area contributed by atoms with Crippen LogP contribution in [-0.4, -0.2) is 41.6 Å². The summed E-state index contributed by atoms with van der Waals surface area (Å²) in [4.78, 5) is 21.2. The van der Waals surface area contributed by atoms with Crippen LogP contribution in [0.4, 0.5) is 10.5 Å². The van der Waals surface area contributed by atoms with E-state index in [1.54, 1.807) is 0 Å². The number of carbonyl (C=O) groups is 1. The van der Waals surface area contributed by atoms with Gasteiger partial charge in [-0.05, 0) is 42.2 Å². The first-order valence-corrected chi connectivity index (χ1v) is 9.49. The molecule has 1 fully saturated rings. The molecule has 3 heterocycles. The number of hydrogen-bond donors (Lipinski definition) is 1. The number of urea groups is 1. The molecule has 5 nitrogen and oxygen atoms in total. The van der Waals surface area contributed by atoms with Gasteiger partial charge >= 0.3 is 6.03 Å². The Kier molecular flexibility index (Phi) is 4.89. The first kappa shape index (κ1) is 17.0. The first-order valence-electron chi connectivity index (χ1n) is 9.49. The van der Waals surface area contributed by atoms with Gasteiger partial charge in [0, 0.05) is 56.2 Å². The zero-order chi connectivity index (χ0) is 17.9. The molecule has 5 heteroatoms. The Morgan fingerprint density at radius 3 is 2.65 bits per heavy atom. The number of aromatic nitrogens is 1. The van der Waals surface area contributed by atoms with Gasteiger partial charge in [-0.25, -0.2) is 4.79 Å². The largest absolute Gasteiger partial charge is 0.335 e. The second-order valence-electron chi connectivity index (χ2n) is 7.43. The van der Waals surface area contributed by atoms with Crippen LogP contribution in [0.3, 0.4) is 0 Å². The number of pyridine rings is 1. The van der Waals surface area contributed by atoms with Crippen molar-refractivity contribution in [3.63, 3.8) is 0 Å². The number of anilines is 1. The molecule has 136 valence electrons. The molecule has 2 aliphatic rings. The minimum absolute atomic E-state index is 0.0504. The van der Waals surface area contributed by atoms with E-state index in [-0.39, 0.29) is 12.1 Å². The molecule has 2 aromatic rings. The van der Waals surface area contributed by atoms with E-state index in [9.17, 15) is 4.79 Å². The second kappa shape index (κ2) is 7.46. The van der Waals surface area contributed by atoms with Crippen LogP contribution in [0, 0.1) is 0 Å². The van der Waals surface area contributed by atoms with Crippen LogP contribution in [0.1, 0.15) is 36.8 Å². The number of nitrogens with zero attached hydrogens (tertiary/aromatic N) is 3. The Bertz CT molecular complexity index is 756. The van der Waals surface area contributed by atoms with Crippen molar-refractivity contribution in [1.82, 2.24) is 15.2 Å². The lowest BCUT2D eigenvalue weighted by Gasteiger charge is -2.33. The summed E-state index contributed by atoms with van der Waals surface area (Å²) in [5, 5.41) is 3.26. The molecule has 2 amide bonds. The van der Waals surface area contributed by atoms with E-state index < -0.39 is 0 Å². The number of nitrogens with one attached hydrogen (secondary N) is 1. The number of benzene rings is 1. The summed E-state index contributed by atoms with van der Waals surface area (Å²) in [6.07, 6.45) is 5.69. The van der Waals surface area contributed by atoms with Crippen molar-refractivity contribution in [3.05, 3.63) is 59.9 Å². The highest BCUT2D eigenvalue weighted by atomic mass is 16.2. The minimum Gasteiger partial charge on any atom is -0.335 e. The van der Waals surface area contributed by atoms with Crippen LogP contribution >= 0.6 is 0 Å². The zero-order valence-corrected chi connectivity index (χ0v) is 15.3. The third kappa shape index (κ3) is 3.58. The molecule has 1 aromatic carbocycles. The molecule has 0 unspecified atom stereocenters. The minimum atomic E-state index is 0.0504. The molecule has 2 aliphatic heterocycles. The summed E-state index contributed by atoms with van der Waals surface area (Å²) in [6.45, 7) is 5.94. The third-order valence-corrected chi connectivity index (χ3v) is 5.53. The fourth-order valence-corrected chi connectivity index (χ4v) is 4.05. The Balaban J connectivity index is 1.30. The summed E-state index contributed by atoms with van der Waals surface area (Å²) < 4.78 is 0. The number of piperidine rings is 1. The van der Waals surface area contributed by atoms with Crippen molar-refractivity contribution in [1.29, 1.82) is 0 Å². The highest BCUT2D eigenvalue weighted by molar-refractivity contribution is 5.94. The van der Waals surface area contributed by atoms with E-state index in [1.807, 2.05) is 23.4 Å². The van der Waals surface area contributed by atoms with Gasteiger partial charge in [0.05, 0.1) is 0 Å². The first-order chi connectivity index (χ1) is 12.7. The molecule has 4 rings (SSSR count). The van der Waals surface area contributed by atoms with Crippen LogP contribution in [0.15, 0.2) is 48.8 Å². The molecular weight excluding hydrogens is 324 g/mol. The second-order valence-corrected chi connectivity index (χ2v) is 7.43. The monoisotopic (exact) mass is 350 g/mol. The van der Waals surface area contributed by atoms with Gasteiger partial charge in [-0.1, -0.05) is 25.1 Å². The standard InChI is InChI=1S/C21H26N4O/c1-16-14-25(20-5-3-2-4-19(16)20)21(26)23-18-8-12-24(13-9-18)15-17-6-10-22-11-7-17/h2-7,10-11,16,18H,8-9,12-15H2,1H3,(H,23,26)/t16-/m1/s1.